The fraction of sp³-hybridized carbons (Fsp3) is 0.538. The first-order valence-electron chi connectivity index (χ1n) is 6.30. The third-order valence-corrected chi connectivity index (χ3v) is 3.58. The number of anilines is 1. The molecule has 104 valence electrons. The van der Waals surface area contributed by atoms with E-state index in [2.05, 4.69) is 9.88 Å². The average molecular weight is 267 g/mol. The van der Waals surface area contributed by atoms with Crippen molar-refractivity contribution in [1.82, 2.24) is 9.88 Å². The van der Waals surface area contributed by atoms with Gasteiger partial charge in [-0.05, 0) is 32.5 Å². The lowest BCUT2D eigenvalue weighted by Gasteiger charge is -2.36. The number of aromatic nitrogens is 1. The van der Waals surface area contributed by atoms with Crippen LogP contribution in [0.4, 0.5) is 10.2 Å². The Hall–Kier alpha value is -1.69. The summed E-state index contributed by atoms with van der Waals surface area (Å²) in [6, 6.07) is 1.34. The Kier molecular flexibility index (Phi) is 3.99. The first-order valence-corrected chi connectivity index (χ1v) is 6.30. The summed E-state index contributed by atoms with van der Waals surface area (Å²) < 4.78 is 14.1. The number of likely N-dealkylation sites (tertiary alicyclic amines) is 1. The summed E-state index contributed by atoms with van der Waals surface area (Å²) in [4.78, 5) is 18.9. The molecule has 0 radical (unpaired) electrons. The molecule has 0 aliphatic carbocycles. The second-order valence-electron chi connectivity index (χ2n) is 4.97. The summed E-state index contributed by atoms with van der Waals surface area (Å²) in [5, 5.41) is 8.93. The molecular formula is C13H18FN3O2. The van der Waals surface area contributed by atoms with Crippen molar-refractivity contribution in [1.29, 1.82) is 0 Å². The van der Waals surface area contributed by atoms with Gasteiger partial charge in [0.15, 0.2) is 11.6 Å². The fourth-order valence-corrected chi connectivity index (χ4v) is 2.47. The van der Waals surface area contributed by atoms with E-state index in [9.17, 15) is 9.18 Å². The van der Waals surface area contributed by atoms with E-state index in [1.165, 1.54) is 12.3 Å². The van der Waals surface area contributed by atoms with Gasteiger partial charge >= 0.3 is 5.97 Å². The fourth-order valence-electron chi connectivity index (χ4n) is 2.47. The lowest BCUT2D eigenvalue weighted by Crippen LogP contribution is -2.45. The minimum absolute atomic E-state index is 0.111. The summed E-state index contributed by atoms with van der Waals surface area (Å²) in [7, 11) is 3.79. The maximum absolute atomic E-state index is 14.1. The number of piperidine rings is 1. The van der Waals surface area contributed by atoms with E-state index >= 15 is 0 Å². The lowest BCUT2D eigenvalue weighted by atomic mass is 10.0. The van der Waals surface area contributed by atoms with Crippen LogP contribution in [0.5, 0.6) is 0 Å². The number of carbonyl (C=O) groups is 1. The van der Waals surface area contributed by atoms with Crippen LogP contribution >= 0.6 is 0 Å². The third kappa shape index (κ3) is 2.84. The van der Waals surface area contributed by atoms with E-state index in [1.54, 1.807) is 11.9 Å². The van der Waals surface area contributed by atoms with E-state index in [0.717, 1.165) is 25.9 Å². The van der Waals surface area contributed by atoms with Gasteiger partial charge in [-0.25, -0.2) is 14.2 Å². The van der Waals surface area contributed by atoms with Gasteiger partial charge in [-0.3, -0.25) is 0 Å². The Balaban J connectivity index is 2.26. The van der Waals surface area contributed by atoms with Crippen LogP contribution in [0, 0.1) is 5.82 Å². The Bertz CT molecular complexity index is 481. The van der Waals surface area contributed by atoms with Gasteiger partial charge in [-0.15, -0.1) is 0 Å². The predicted molar refractivity (Wildman–Crippen MR) is 70.1 cm³/mol. The highest BCUT2D eigenvalue weighted by Gasteiger charge is 2.25. The van der Waals surface area contributed by atoms with Crippen molar-refractivity contribution in [3.63, 3.8) is 0 Å². The SMILES string of the molecule is CN1CCCC(N(C)c2nccc(C(=O)O)c2F)C1. The number of likely N-dealkylation sites (N-methyl/N-ethyl adjacent to an activating group) is 2. The third-order valence-electron chi connectivity index (χ3n) is 3.58. The van der Waals surface area contributed by atoms with Crippen molar-refractivity contribution in [2.45, 2.75) is 18.9 Å². The number of hydrogen-bond acceptors (Lipinski definition) is 4. The van der Waals surface area contributed by atoms with Gasteiger partial charge in [0.2, 0.25) is 0 Å². The smallest absolute Gasteiger partial charge is 0.338 e. The van der Waals surface area contributed by atoms with Crippen LogP contribution in [-0.2, 0) is 0 Å². The molecule has 0 amide bonds. The molecule has 1 aromatic rings. The molecule has 1 unspecified atom stereocenters. The molecule has 1 N–H and O–H groups in total. The van der Waals surface area contributed by atoms with Crippen LogP contribution in [0.3, 0.4) is 0 Å². The molecule has 1 aliphatic rings. The van der Waals surface area contributed by atoms with Crippen molar-refractivity contribution >= 4 is 11.8 Å². The summed E-state index contributed by atoms with van der Waals surface area (Å²) in [6.45, 7) is 1.87. The van der Waals surface area contributed by atoms with Crippen LogP contribution in [0.1, 0.15) is 23.2 Å². The number of hydrogen-bond donors (Lipinski definition) is 1. The van der Waals surface area contributed by atoms with Gasteiger partial charge in [0, 0.05) is 25.8 Å². The highest BCUT2D eigenvalue weighted by Crippen LogP contribution is 2.23. The standard InChI is InChI=1S/C13H18FN3O2/c1-16-7-3-4-9(8-16)17(2)12-11(14)10(13(18)19)5-6-15-12/h5-6,9H,3-4,7-8H2,1-2H3,(H,18,19). The van der Waals surface area contributed by atoms with Gasteiger partial charge in [-0.1, -0.05) is 0 Å². The van der Waals surface area contributed by atoms with E-state index in [4.69, 9.17) is 5.11 Å². The average Bonchev–Trinajstić information content (AvgIpc) is 2.38. The zero-order valence-corrected chi connectivity index (χ0v) is 11.1. The molecule has 1 atom stereocenters. The molecule has 5 nitrogen and oxygen atoms in total. The van der Waals surface area contributed by atoms with E-state index in [1.807, 2.05) is 7.05 Å². The molecule has 0 aromatic carbocycles. The van der Waals surface area contributed by atoms with Crippen LogP contribution in [0.25, 0.3) is 0 Å². The molecule has 0 saturated carbocycles. The van der Waals surface area contributed by atoms with Gasteiger partial charge in [0.1, 0.15) is 5.56 Å². The number of nitrogens with zero attached hydrogens (tertiary/aromatic N) is 3. The summed E-state index contributed by atoms with van der Waals surface area (Å²) in [5.74, 6) is -1.92. The molecule has 6 heteroatoms. The van der Waals surface area contributed by atoms with Crippen LogP contribution in [0.2, 0.25) is 0 Å². The zero-order valence-electron chi connectivity index (χ0n) is 11.1. The first-order chi connectivity index (χ1) is 9.00. The van der Waals surface area contributed by atoms with Gasteiger partial charge in [0.25, 0.3) is 0 Å². The molecule has 0 spiro atoms. The number of carboxylic acids is 1. The summed E-state index contributed by atoms with van der Waals surface area (Å²) in [6.07, 6.45) is 3.34. The molecule has 1 fully saturated rings. The highest BCUT2D eigenvalue weighted by atomic mass is 19.1. The summed E-state index contributed by atoms with van der Waals surface area (Å²) in [5.41, 5.74) is -0.332. The normalized spacial score (nSPS) is 20.3. The van der Waals surface area contributed by atoms with Crippen molar-refractivity contribution in [3.05, 3.63) is 23.6 Å². The topological polar surface area (TPSA) is 56.7 Å². The molecule has 19 heavy (non-hydrogen) atoms. The van der Waals surface area contributed by atoms with E-state index in [-0.39, 0.29) is 17.4 Å². The minimum Gasteiger partial charge on any atom is -0.478 e. The molecule has 2 rings (SSSR count). The van der Waals surface area contributed by atoms with Gasteiger partial charge in [0.05, 0.1) is 0 Å². The highest BCUT2D eigenvalue weighted by molar-refractivity contribution is 5.88. The Morgan fingerprint density at radius 3 is 3.00 bits per heavy atom. The van der Waals surface area contributed by atoms with Crippen molar-refractivity contribution < 1.29 is 14.3 Å². The quantitative estimate of drug-likeness (QED) is 0.898. The van der Waals surface area contributed by atoms with Crippen molar-refractivity contribution in [2.24, 2.45) is 0 Å². The second-order valence-corrected chi connectivity index (χ2v) is 4.97. The molecule has 0 bridgehead atoms. The number of rotatable bonds is 3. The summed E-state index contributed by atoms with van der Waals surface area (Å²) >= 11 is 0. The van der Waals surface area contributed by atoms with Gasteiger partial charge in [-0.2, -0.15) is 0 Å². The molecule has 1 aliphatic heterocycles. The predicted octanol–water partition coefficient (Wildman–Crippen LogP) is 1.45. The number of carboxylic acid groups (broad SMARTS) is 1. The first kappa shape index (κ1) is 13.7. The van der Waals surface area contributed by atoms with Gasteiger partial charge < -0.3 is 14.9 Å². The Labute approximate surface area is 111 Å². The van der Waals surface area contributed by atoms with Crippen LogP contribution in [0.15, 0.2) is 12.3 Å². The number of pyridine rings is 1. The molecule has 1 saturated heterocycles. The molecular weight excluding hydrogens is 249 g/mol. The van der Waals surface area contributed by atoms with Crippen LogP contribution in [-0.4, -0.2) is 54.2 Å². The number of halogens is 1. The minimum atomic E-state index is -1.27. The Morgan fingerprint density at radius 1 is 1.63 bits per heavy atom. The lowest BCUT2D eigenvalue weighted by molar-refractivity contribution is 0.0691. The van der Waals surface area contributed by atoms with Crippen molar-refractivity contribution in [2.75, 3.05) is 32.1 Å². The second kappa shape index (κ2) is 5.52. The largest absolute Gasteiger partial charge is 0.478 e. The maximum Gasteiger partial charge on any atom is 0.338 e. The number of aromatic carboxylic acids is 1. The zero-order chi connectivity index (χ0) is 14.0. The van der Waals surface area contributed by atoms with Crippen molar-refractivity contribution in [3.8, 4) is 0 Å². The van der Waals surface area contributed by atoms with E-state index < -0.39 is 11.8 Å². The molecule has 2 heterocycles. The van der Waals surface area contributed by atoms with Crippen LogP contribution < -0.4 is 4.90 Å². The molecule has 1 aromatic heterocycles. The Morgan fingerprint density at radius 2 is 2.37 bits per heavy atom. The monoisotopic (exact) mass is 267 g/mol. The van der Waals surface area contributed by atoms with E-state index in [0.29, 0.717) is 0 Å². The maximum atomic E-state index is 14.1.